The Kier molecular flexibility index (Phi) is 8.44. The predicted molar refractivity (Wildman–Crippen MR) is 117 cm³/mol. The van der Waals surface area contributed by atoms with Crippen molar-refractivity contribution >= 4 is 34.2 Å². The summed E-state index contributed by atoms with van der Waals surface area (Å²) in [6, 6.07) is 5.14. The molecule has 9 heteroatoms. The van der Waals surface area contributed by atoms with Crippen LogP contribution < -0.4 is 14.8 Å². The SMILES string of the molecule is CCOC(=O)c1c(NC(=O)Cc2ccc(OC)cc2OC)sc(C(=O)OC(C)C)c1C. The van der Waals surface area contributed by atoms with Gasteiger partial charge in [0, 0.05) is 11.6 Å². The quantitative estimate of drug-likeness (QED) is 0.578. The number of rotatable bonds is 9. The lowest BCUT2D eigenvalue weighted by Crippen LogP contribution is -2.17. The Balaban J connectivity index is 2.33. The Bertz CT molecular complexity index is 965. The first-order valence-electron chi connectivity index (χ1n) is 9.73. The van der Waals surface area contributed by atoms with Crippen molar-refractivity contribution in [3.05, 3.63) is 39.8 Å². The minimum absolute atomic E-state index is 0.00183. The van der Waals surface area contributed by atoms with Crippen LogP contribution in [-0.2, 0) is 20.7 Å². The molecule has 1 amide bonds. The number of carbonyl (C=O) groups is 3. The number of ether oxygens (including phenoxy) is 4. The topological polar surface area (TPSA) is 100 Å². The lowest BCUT2D eigenvalue weighted by molar-refractivity contribution is -0.115. The molecule has 0 aliphatic carbocycles. The van der Waals surface area contributed by atoms with E-state index in [1.807, 2.05) is 0 Å². The highest BCUT2D eigenvalue weighted by Crippen LogP contribution is 2.35. The third-order valence-electron chi connectivity index (χ3n) is 4.25. The van der Waals surface area contributed by atoms with E-state index in [9.17, 15) is 14.4 Å². The molecule has 0 bridgehead atoms. The highest BCUT2D eigenvalue weighted by molar-refractivity contribution is 7.18. The fourth-order valence-corrected chi connectivity index (χ4v) is 3.95. The van der Waals surface area contributed by atoms with Crippen molar-refractivity contribution in [3.8, 4) is 11.5 Å². The van der Waals surface area contributed by atoms with Crippen LogP contribution in [-0.4, -0.2) is 44.8 Å². The fourth-order valence-electron chi connectivity index (χ4n) is 2.85. The molecule has 0 saturated carbocycles. The molecule has 31 heavy (non-hydrogen) atoms. The molecule has 1 heterocycles. The van der Waals surface area contributed by atoms with E-state index in [1.165, 1.54) is 7.11 Å². The summed E-state index contributed by atoms with van der Waals surface area (Å²) in [6.07, 6.45) is -0.321. The summed E-state index contributed by atoms with van der Waals surface area (Å²) in [5.74, 6) is -0.437. The molecular weight excluding hydrogens is 422 g/mol. The smallest absolute Gasteiger partial charge is 0.348 e. The van der Waals surface area contributed by atoms with Gasteiger partial charge in [-0.15, -0.1) is 11.3 Å². The number of thiophene rings is 1. The van der Waals surface area contributed by atoms with Gasteiger partial charge in [0.1, 0.15) is 21.4 Å². The number of anilines is 1. The van der Waals surface area contributed by atoms with Gasteiger partial charge >= 0.3 is 11.9 Å². The van der Waals surface area contributed by atoms with Gasteiger partial charge in [0.15, 0.2) is 0 Å². The summed E-state index contributed by atoms with van der Waals surface area (Å²) < 4.78 is 20.9. The molecule has 0 radical (unpaired) electrons. The first-order chi connectivity index (χ1) is 14.7. The first kappa shape index (κ1) is 24.2. The van der Waals surface area contributed by atoms with Crippen LogP contribution in [0.1, 0.15) is 51.9 Å². The van der Waals surface area contributed by atoms with Gasteiger partial charge in [0.2, 0.25) is 5.91 Å². The van der Waals surface area contributed by atoms with Crippen molar-refractivity contribution in [1.82, 2.24) is 0 Å². The zero-order valence-corrected chi connectivity index (χ0v) is 19.3. The second-order valence-corrected chi connectivity index (χ2v) is 7.86. The second-order valence-electron chi connectivity index (χ2n) is 6.84. The van der Waals surface area contributed by atoms with Crippen molar-refractivity contribution in [1.29, 1.82) is 0 Å². The number of nitrogens with one attached hydrogen (secondary N) is 1. The van der Waals surface area contributed by atoms with E-state index >= 15 is 0 Å². The average Bonchev–Trinajstić information content (AvgIpc) is 3.03. The molecule has 0 aliphatic rings. The number of methoxy groups -OCH3 is 2. The monoisotopic (exact) mass is 449 g/mol. The number of hydrogen-bond donors (Lipinski definition) is 1. The zero-order chi connectivity index (χ0) is 23.1. The molecule has 0 spiro atoms. The van der Waals surface area contributed by atoms with Crippen LogP contribution in [0.5, 0.6) is 11.5 Å². The molecule has 2 aromatic rings. The molecule has 0 fully saturated rings. The highest BCUT2D eigenvalue weighted by atomic mass is 32.1. The Morgan fingerprint density at radius 1 is 1.10 bits per heavy atom. The largest absolute Gasteiger partial charge is 0.497 e. The molecule has 1 aromatic heterocycles. The normalized spacial score (nSPS) is 10.5. The molecule has 2 rings (SSSR count). The number of benzene rings is 1. The van der Waals surface area contributed by atoms with E-state index in [2.05, 4.69) is 5.32 Å². The van der Waals surface area contributed by atoms with E-state index in [1.54, 1.807) is 53.0 Å². The molecule has 8 nitrogen and oxygen atoms in total. The first-order valence-corrected chi connectivity index (χ1v) is 10.6. The maximum Gasteiger partial charge on any atom is 0.348 e. The van der Waals surface area contributed by atoms with Crippen LogP contribution in [0.15, 0.2) is 18.2 Å². The van der Waals surface area contributed by atoms with Crippen LogP contribution in [0.4, 0.5) is 5.00 Å². The van der Waals surface area contributed by atoms with Gasteiger partial charge < -0.3 is 24.3 Å². The number of hydrogen-bond acceptors (Lipinski definition) is 8. The van der Waals surface area contributed by atoms with Gasteiger partial charge in [-0.1, -0.05) is 6.07 Å². The van der Waals surface area contributed by atoms with Gasteiger partial charge in [-0.3, -0.25) is 4.79 Å². The maximum atomic E-state index is 12.7. The van der Waals surface area contributed by atoms with Crippen molar-refractivity contribution in [2.45, 2.75) is 40.2 Å². The predicted octanol–water partition coefficient (Wildman–Crippen LogP) is 4.00. The van der Waals surface area contributed by atoms with Crippen molar-refractivity contribution in [2.75, 3.05) is 26.1 Å². The van der Waals surface area contributed by atoms with Crippen LogP contribution in [0.3, 0.4) is 0 Å². The Morgan fingerprint density at radius 2 is 1.81 bits per heavy atom. The van der Waals surface area contributed by atoms with E-state index in [-0.39, 0.29) is 40.5 Å². The summed E-state index contributed by atoms with van der Waals surface area (Å²) in [4.78, 5) is 37.9. The Labute approximate surface area is 185 Å². The van der Waals surface area contributed by atoms with Gasteiger partial charge in [-0.2, -0.15) is 0 Å². The molecule has 1 N–H and O–H groups in total. The number of esters is 2. The van der Waals surface area contributed by atoms with Crippen LogP contribution >= 0.6 is 11.3 Å². The molecule has 1 aromatic carbocycles. The van der Waals surface area contributed by atoms with Gasteiger partial charge in [-0.05, 0) is 39.3 Å². The third kappa shape index (κ3) is 5.97. The standard InChI is InChI=1S/C22H27NO7S/c1-7-29-21(25)18-13(4)19(22(26)30-12(2)3)31-20(18)23-17(24)10-14-8-9-15(27-5)11-16(14)28-6/h8-9,11-12H,7,10H2,1-6H3,(H,23,24). The summed E-state index contributed by atoms with van der Waals surface area (Å²) in [5.41, 5.74) is 1.20. The van der Waals surface area contributed by atoms with Gasteiger partial charge in [0.25, 0.3) is 0 Å². The van der Waals surface area contributed by atoms with E-state index in [0.29, 0.717) is 22.6 Å². The summed E-state index contributed by atoms with van der Waals surface area (Å²) >= 11 is 0.987. The van der Waals surface area contributed by atoms with Gasteiger partial charge in [0.05, 0.1) is 38.9 Å². The molecule has 0 unspecified atom stereocenters. The molecule has 168 valence electrons. The maximum absolute atomic E-state index is 12.7. The Morgan fingerprint density at radius 3 is 2.39 bits per heavy atom. The second kappa shape index (κ2) is 10.8. The Hall–Kier alpha value is -3.07. The lowest BCUT2D eigenvalue weighted by Gasteiger charge is -2.11. The zero-order valence-electron chi connectivity index (χ0n) is 18.5. The van der Waals surface area contributed by atoms with Crippen molar-refractivity contribution in [3.63, 3.8) is 0 Å². The summed E-state index contributed by atoms with van der Waals surface area (Å²) in [6.45, 7) is 6.94. The average molecular weight is 450 g/mol. The van der Waals surface area contributed by atoms with Gasteiger partial charge in [-0.25, -0.2) is 9.59 Å². The molecule has 0 aliphatic heterocycles. The summed E-state index contributed by atoms with van der Waals surface area (Å²) in [5, 5.41) is 2.97. The molecule has 0 saturated heterocycles. The van der Waals surface area contributed by atoms with Crippen LogP contribution in [0.25, 0.3) is 0 Å². The van der Waals surface area contributed by atoms with Crippen LogP contribution in [0.2, 0.25) is 0 Å². The van der Waals surface area contributed by atoms with Crippen molar-refractivity contribution < 1.29 is 33.3 Å². The van der Waals surface area contributed by atoms with Crippen LogP contribution in [0, 0.1) is 6.92 Å². The summed E-state index contributed by atoms with van der Waals surface area (Å²) in [7, 11) is 3.04. The minimum atomic E-state index is -0.614. The number of carbonyl (C=O) groups excluding carboxylic acids is 3. The minimum Gasteiger partial charge on any atom is -0.497 e. The molecular formula is C22H27NO7S. The molecule has 0 atom stereocenters. The fraction of sp³-hybridized carbons (Fsp3) is 0.409. The highest BCUT2D eigenvalue weighted by Gasteiger charge is 2.28. The van der Waals surface area contributed by atoms with E-state index < -0.39 is 11.9 Å². The van der Waals surface area contributed by atoms with E-state index in [0.717, 1.165) is 11.3 Å². The lowest BCUT2D eigenvalue weighted by atomic mass is 10.1. The van der Waals surface area contributed by atoms with Crippen molar-refractivity contribution in [2.24, 2.45) is 0 Å². The van der Waals surface area contributed by atoms with E-state index in [4.69, 9.17) is 18.9 Å². The third-order valence-corrected chi connectivity index (χ3v) is 5.44. The number of amides is 1.